The van der Waals surface area contributed by atoms with Crippen molar-refractivity contribution in [3.8, 4) is 0 Å². The molecule has 0 aliphatic heterocycles. The fourth-order valence-electron chi connectivity index (χ4n) is 2.97. The lowest BCUT2D eigenvalue weighted by atomic mass is 9.70. The van der Waals surface area contributed by atoms with Crippen LogP contribution in [0.25, 0.3) is 0 Å². The summed E-state index contributed by atoms with van der Waals surface area (Å²) in [5.41, 5.74) is 1.12. The average Bonchev–Trinajstić information content (AvgIpc) is 2.60. The lowest BCUT2D eigenvalue weighted by molar-refractivity contribution is -0.146. The monoisotopic (exact) mass is 311 g/mol. The molecule has 0 bridgehead atoms. The van der Waals surface area contributed by atoms with Gasteiger partial charge in [-0.2, -0.15) is 0 Å². The molecule has 1 atom stereocenters. The highest BCUT2D eigenvalue weighted by atomic mass is 16.5. The molecule has 1 unspecified atom stereocenters. The topological polar surface area (TPSA) is 29.5 Å². The number of rotatable bonds is 6. The first kappa shape index (κ1) is 17.2. The number of ether oxygens (including phenoxy) is 1. The predicted molar refractivity (Wildman–Crippen MR) is 93.4 cm³/mol. The third-order valence-electron chi connectivity index (χ3n) is 4.55. The van der Waals surface area contributed by atoms with E-state index in [1.807, 2.05) is 74.8 Å². The normalized spacial score (nSPS) is 12.9. The van der Waals surface area contributed by atoms with E-state index < -0.39 is 5.41 Å². The van der Waals surface area contributed by atoms with Crippen molar-refractivity contribution in [2.24, 2.45) is 0 Å². The number of benzene rings is 2. The molecule has 2 aromatic rings. The molecule has 23 heavy (non-hydrogen) atoms. The molecular weight excluding hydrogens is 286 g/mol. The van der Waals surface area contributed by atoms with Crippen molar-refractivity contribution in [3.63, 3.8) is 0 Å². The Kier molecular flexibility index (Phi) is 5.56. The van der Waals surface area contributed by atoms with Crippen LogP contribution in [-0.4, -0.2) is 38.1 Å². The molecule has 0 amide bonds. The molecule has 2 rings (SSSR count). The lowest BCUT2D eigenvalue weighted by Crippen LogP contribution is -2.43. The van der Waals surface area contributed by atoms with Crippen molar-refractivity contribution in [2.75, 3.05) is 21.2 Å². The van der Waals surface area contributed by atoms with Gasteiger partial charge >= 0.3 is 5.97 Å². The summed E-state index contributed by atoms with van der Waals surface area (Å²) in [5, 5.41) is 0. The zero-order valence-electron chi connectivity index (χ0n) is 14.3. The van der Waals surface area contributed by atoms with Crippen LogP contribution in [0.1, 0.15) is 24.5 Å². The Morgan fingerprint density at radius 1 is 1.00 bits per heavy atom. The van der Waals surface area contributed by atoms with Crippen LogP contribution in [-0.2, 0) is 14.9 Å². The molecule has 0 fully saturated rings. The van der Waals surface area contributed by atoms with Gasteiger partial charge in [-0.3, -0.25) is 4.79 Å². The molecule has 0 spiro atoms. The van der Waals surface area contributed by atoms with Gasteiger partial charge in [-0.25, -0.2) is 0 Å². The van der Waals surface area contributed by atoms with Gasteiger partial charge in [0.15, 0.2) is 0 Å². The average molecular weight is 311 g/mol. The van der Waals surface area contributed by atoms with Crippen molar-refractivity contribution in [3.05, 3.63) is 71.8 Å². The van der Waals surface area contributed by atoms with E-state index in [1.165, 1.54) is 7.11 Å². The van der Waals surface area contributed by atoms with Crippen molar-refractivity contribution < 1.29 is 9.53 Å². The molecule has 0 aliphatic rings. The third-order valence-corrected chi connectivity index (χ3v) is 4.55. The Hall–Kier alpha value is -2.13. The number of carbonyl (C=O) groups excluding carboxylic acids is 1. The minimum absolute atomic E-state index is 0.217. The maximum absolute atomic E-state index is 13.0. The summed E-state index contributed by atoms with van der Waals surface area (Å²) >= 11 is 0. The first-order chi connectivity index (χ1) is 11.0. The molecule has 3 nitrogen and oxygen atoms in total. The van der Waals surface area contributed by atoms with E-state index in [9.17, 15) is 4.79 Å². The fraction of sp³-hybridized carbons (Fsp3) is 0.350. The number of hydrogen-bond donors (Lipinski definition) is 0. The van der Waals surface area contributed by atoms with Gasteiger partial charge < -0.3 is 9.64 Å². The smallest absolute Gasteiger partial charge is 0.320 e. The van der Waals surface area contributed by atoms with E-state index in [0.717, 1.165) is 11.1 Å². The molecule has 0 saturated carbocycles. The molecule has 0 N–H and O–H groups in total. The number of hydrogen-bond acceptors (Lipinski definition) is 3. The minimum atomic E-state index is -0.805. The van der Waals surface area contributed by atoms with Gasteiger partial charge in [0.05, 0.1) is 7.11 Å². The van der Waals surface area contributed by atoms with E-state index in [0.29, 0.717) is 6.42 Å². The number of nitrogens with zero attached hydrogens (tertiary/aromatic N) is 1. The standard InChI is InChI=1S/C20H25NO2/c1-16(21(2)3)15-20(19(22)23-4,17-11-7-5-8-12-17)18-13-9-6-10-14-18/h5-14,16H,15H2,1-4H3. The van der Waals surface area contributed by atoms with Gasteiger partial charge in [-0.05, 0) is 38.6 Å². The zero-order valence-corrected chi connectivity index (χ0v) is 14.3. The predicted octanol–water partition coefficient (Wildman–Crippen LogP) is 3.49. The molecule has 0 aromatic heterocycles. The summed E-state index contributed by atoms with van der Waals surface area (Å²) in [7, 11) is 5.52. The van der Waals surface area contributed by atoms with Crippen LogP contribution in [0.5, 0.6) is 0 Å². The minimum Gasteiger partial charge on any atom is -0.468 e. The van der Waals surface area contributed by atoms with Crippen molar-refractivity contribution in [1.82, 2.24) is 4.90 Å². The number of methoxy groups -OCH3 is 1. The van der Waals surface area contributed by atoms with Crippen molar-refractivity contribution in [2.45, 2.75) is 24.8 Å². The largest absolute Gasteiger partial charge is 0.468 e. The number of carbonyl (C=O) groups is 1. The fourth-order valence-corrected chi connectivity index (χ4v) is 2.97. The second-order valence-electron chi connectivity index (χ2n) is 6.15. The van der Waals surface area contributed by atoms with Crippen LogP contribution >= 0.6 is 0 Å². The van der Waals surface area contributed by atoms with Crippen LogP contribution in [0.2, 0.25) is 0 Å². The molecule has 0 aliphatic carbocycles. The quantitative estimate of drug-likeness (QED) is 0.765. The van der Waals surface area contributed by atoms with E-state index in [-0.39, 0.29) is 12.0 Å². The van der Waals surface area contributed by atoms with Crippen LogP contribution in [0.15, 0.2) is 60.7 Å². The zero-order chi connectivity index (χ0) is 16.9. The summed E-state index contributed by atoms with van der Waals surface area (Å²) in [6.45, 7) is 2.13. The molecular formula is C20H25NO2. The van der Waals surface area contributed by atoms with E-state index >= 15 is 0 Å². The van der Waals surface area contributed by atoms with Gasteiger partial charge in [0.1, 0.15) is 5.41 Å². The highest BCUT2D eigenvalue weighted by molar-refractivity contribution is 5.87. The molecule has 0 radical (unpaired) electrons. The SMILES string of the molecule is COC(=O)C(CC(C)N(C)C)(c1ccccc1)c1ccccc1. The Bertz CT molecular complexity index is 583. The van der Waals surface area contributed by atoms with Crippen LogP contribution in [0.3, 0.4) is 0 Å². The second kappa shape index (κ2) is 7.42. The van der Waals surface area contributed by atoms with Gasteiger partial charge in [0.25, 0.3) is 0 Å². The Balaban J connectivity index is 2.66. The summed E-state index contributed by atoms with van der Waals surface area (Å²) in [6, 6.07) is 20.0. The molecule has 3 heteroatoms. The van der Waals surface area contributed by atoms with Crippen molar-refractivity contribution in [1.29, 1.82) is 0 Å². The summed E-state index contributed by atoms with van der Waals surface area (Å²) in [5.74, 6) is -0.219. The van der Waals surface area contributed by atoms with Gasteiger partial charge in [-0.15, -0.1) is 0 Å². The van der Waals surface area contributed by atoms with Crippen LogP contribution < -0.4 is 0 Å². The summed E-state index contributed by atoms with van der Waals surface area (Å²) in [4.78, 5) is 15.1. The summed E-state index contributed by atoms with van der Waals surface area (Å²) in [6.07, 6.45) is 0.653. The van der Waals surface area contributed by atoms with Crippen LogP contribution in [0, 0.1) is 0 Å². The van der Waals surface area contributed by atoms with Gasteiger partial charge in [-0.1, -0.05) is 60.7 Å². The first-order valence-electron chi connectivity index (χ1n) is 7.88. The second-order valence-corrected chi connectivity index (χ2v) is 6.15. The molecule has 0 heterocycles. The summed E-state index contributed by atoms with van der Waals surface area (Å²) < 4.78 is 5.25. The van der Waals surface area contributed by atoms with E-state index in [4.69, 9.17) is 4.74 Å². The Morgan fingerprint density at radius 3 is 1.78 bits per heavy atom. The van der Waals surface area contributed by atoms with Gasteiger partial charge in [0.2, 0.25) is 0 Å². The van der Waals surface area contributed by atoms with E-state index in [2.05, 4.69) is 11.8 Å². The third kappa shape index (κ3) is 3.45. The molecule has 2 aromatic carbocycles. The maximum atomic E-state index is 13.0. The van der Waals surface area contributed by atoms with E-state index in [1.54, 1.807) is 0 Å². The molecule has 122 valence electrons. The maximum Gasteiger partial charge on any atom is 0.320 e. The highest BCUT2D eigenvalue weighted by Crippen LogP contribution is 2.38. The Morgan fingerprint density at radius 2 is 1.43 bits per heavy atom. The van der Waals surface area contributed by atoms with Crippen LogP contribution in [0.4, 0.5) is 0 Å². The highest BCUT2D eigenvalue weighted by Gasteiger charge is 2.44. The molecule has 0 saturated heterocycles. The Labute approximate surface area is 138 Å². The first-order valence-corrected chi connectivity index (χ1v) is 7.88. The number of esters is 1. The van der Waals surface area contributed by atoms with Gasteiger partial charge in [0, 0.05) is 6.04 Å². The lowest BCUT2D eigenvalue weighted by Gasteiger charge is -2.36. The van der Waals surface area contributed by atoms with Crippen molar-refractivity contribution >= 4 is 5.97 Å².